The first kappa shape index (κ1) is 21.9. The van der Waals surface area contributed by atoms with Crippen molar-refractivity contribution in [1.29, 1.82) is 0 Å². The summed E-state index contributed by atoms with van der Waals surface area (Å²) >= 11 is 0. The molecule has 0 aromatic carbocycles. The third kappa shape index (κ3) is 5.20. The minimum atomic E-state index is -3.09. The topological polar surface area (TPSA) is 95.9 Å². The van der Waals surface area contributed by atoms with E-state index in [1.165, 1.54) is 6.26 Å². The average molecular weight is 493 g/mol. The molecule has 2 aliphatic rings. The molecular weight excluding hydrogens is 465 g/mol. The average Bonchev–Trinajstić information content (AvgIpc) is 3.12. The van der Waals surface area contributed by atoms with Crippen LogP contribution in [0.25, 0.3) is 0 Å². The Bertz CT molecular complexity index is 698. The highest BCUT2D eigenvalue weighted by molar-refractivity contribution is 14.0. The van der Waals surface area contributed by atoms with Crippen LogP contribution in [0, 0.1) is 5.41 Å². The van der Waals surface area contributed by atoms with Gasteiger partial charge < -0.3 is 10.2 Å². The van der Waals surface area contributed by atoms with Gasteiger partial charge in [0.15, 0.2) is 15.8 Å². The smallest absolute Gasteiger partial charge is 0.193 e. The van der Waals surface area contributed by atoms with Gasteiger partial charge in [0.05, 0.1) is 16.3 Å². The Kier molecular flexibility index (Phi) is 6.64. The molecule has 0 aromatic heterocycles. The molecule has 24 heavy (non-hydrogen) atoms. The van der Waals surface area contributed by atoms with E-state index in [0.29, 0.717) is 25.6 Å². The van der Waals surface area contributed by atoms with E-state index in [2.05, 4.69) is 10.3 Å². The molecule has 1 saturated heterocycles. The maximum Gasteiger partial charge on any atom is 0.193 e. The zero-order chi connectivity index (χ0) is 17.5. The van der Waals surface area contributed by atoms with Gasteiger partial charge in [0.2, 0.25) is 0 Å². The third-order valence-corrected chi connectivity index (χ3v) is 8.37. The van der Waals surface area contributed by atoms with Crippen LogP contribution in [0.5, 0.6) is 0 Å². The maximum absolute atomic E-state index is 12.1. The highest BCUT2D eigenvalue weighted by atomic mass is 127. The molecule has 1 saturated carbocycles. The Hall–Kier alpha value is -0.100. The molecular formula is C14H28IN3O4S2. The molecule has 0 amide bonds. The van der Waals surface area contributed by atoms with Gasteiger partial charge in [-0.15, -0.1) is 24.0 Å². The van der Waals surface area contributed by atoms with Crippen LogP contribution in [0.1, 0.15) is 26.7 Å². The van der Waals surface area contributed by atoms with Gasteiger partial charge in [0.25, 0.3) is 0 Å². The van der Waals surface area contributed by atoms with Crippen molar-refractivity contribution >= 4 is 49.6 Å². The Morgan fingerprint density at radius 2 is 1.88 bits per heavy atom. The van der Waals surface area contributed by atoms with Gasteiger partial charge in [0.1, 0.15) is 9.84 Å². The molecule has 1 aliphatic carbocycles. The summed E-state index contributed by atoms with van der Waals surface area (Å²) < 4.78 is 46.4. The van der Waals surface area contributed by atoms with Crippen molar-refractivity contribution in [3.8, 4) is 0 Å². The second-order valence-corrected chi connectivity index (χ2v) is 12.4. The molecule has 0 radical (unpaired) electrons. The number of rotatable bonds is 4. The van der Waals surface area contributed by atoms with Crippen LogP contribution >= 0.6 is 24.0 Å². The monoisotopic (exact) mass is 493 g/mol. The Morgan fingerprint density at radius 3 is 2.29 bits per heavy atom. The van der Waals surface area contributed by atoms with Crippen molar-refractivity contribution in [3.63, 3.8) is 0 Å². The summed E-state index contributed by atoms with van der Waals surface area (Å²) in [5.74, 6) is 0.937. The van der Waals surface area contributed by atoms with E-state index in [9.17, 15) is 16.8 Å². The van der Waals surface area contributed by atoms with Crippen molar-refractivity contribution in [2.24, 2.45) is 10.4 Å². The predicted octanol–water partition coefficient (Wildman–Crippen LogP) is 0.514. The van der Waals surface area contributed by atoms with Gasteiger partial charge in [-0.2, -0.15) is 0 Å². The first-order valence-electron chi connectivity index (χ1n) is 7.75. The number of guanidine groups is 1. The molecule has 2 rings (SSSR count). The first-order valence-corrected chi connectivity index (χ1v) is 11.5. The zero-order valence-electron chi connectivity index (χ0n) is 14.7. The fourth-order valence-electron chi connectivity index (χ4n) is 3.03. The van der Waals surface area contributed by atoms with Crippen molar-refractivity contribution in [1.82, 2.24) is 10.2 Å². The number of aliphatic imine (C=N–C) groups is 1. The largest absolute Gasteiger partial charge is 0.356 e. The lowest BCUT2D eigenvalue weighted by atomic mass is 10.1. The van der Waals surface area contributed by atoms with Gasteiger partial charge >= 0.3 is 0 Å². The number of hydrogen-bond acceptors (Lipinski definition) is 5. The summed E-state index contributed by atoms with van der Waals surface area (Å²) in [5.41, 5.74) is -0.194. The van der Waals surface area contributed by atoms with E-state index in [-0.39, 0.29) is 40.9 Å². The molecule has 2 fully saturated rings. The van der Waals surface area contributed by atoms with Gasteiger partial charge in [0, 0.05) is 38.4 Å². The third-order valence-electron chi connectivity index (χ3n) is 4.70. The number of sulfone groups is 2. The van der Waals surface area contributed by atoms with Gasteiger partial charge in [-0.1, -0.05) is 0 Å². The fourth-order valence-corrected chi connectivity index (χ4v) is 5.90. The fraction of sp³-hybridized carbons (Fsp3) is 0.929. The lowest BCUT2D eigenvalue weighted by Crippen LogP contribution is -2.57. The predicted molar refractivity (Wildman–Crippen MR) is 108 cm³/mol. The standard InChI is InChI=1S/C14H27N3O4S2.HI/c1-13(2)10-17(7-8-23(13,20)21)12(15-3)16-9-14(5-6-14)11-22(4,18)19;/h5-11H2,1-4H3,(H,15,16);1H. The summed E-state index contributed by atoms with van der Waals surface area (Å²) in [5, 5.41) is 3.25. The molecule has 0 unspecified atom stereocenters. The number of hydrogen-bond donors (Lipinski definition) is 1. The number of halogens is 1. The summed E-state index contributed by atoms with van der Waals surface area (Å²) in [6.45, 7) is 4.80. The normalized spacial score (nSPS) is 24.8. The highest BCUT2D eigenvalue weighted by Gasteiger charge is 2.46. The van der Waals surface area contributed by atoms with E-state index in [1.807, 2.05) is 4.90 Å². The Morgan fingerprint density at radius 1 is 1.29 bits per heavy atom. The summed E-state index contributed by atoms with van der Waals surface area (Å²) in [6, 6.07) is 0. The SMILES string of the molecule is CN=C(NCC1(CS(C)(=O)=O)CC1)N1CCS(=O)(=O)C(C)(C)C1.I. The van der Waals surface area contributed by atoms with Crippen molar-refractivity contribution in [2.75, 3.05) is 44.4 Å². The summed E-state index contributed by atoms with van der Waals surface area (Å²) in [4.78, 5) is 6.18. The highest BCUT2D eigenvalue weighted by Crippen LogP contribution is 2.46. The van der Waals surface area contributed by atoms with Gasteiger partial charge in [-0.3, -0.25) is 4.99 Å². The van der Waals surface area contributed by atoms with E-state index in [0.717, 1.165) is 12.8 Å². The molecule has 1 heterocycles. The second-order valence-electron chi connectivity index (χ2n) is 7.47. The van der Waals surface area contributed by atoms with Crippen LogP contribution in [0.2, 0.25) is 0 Å². The van der Waals surface area contributed by atoms with Crippen LogP contribution in [-0.2, 0) is 19.7 Å². The minimum absolute atomic E-state index is 0. The summed E-state index contributed by atoms with van der Waals surface area (Å²) in [7, 11) is -4.44. The molecule has 0 bridgehead atoms. The molecule has 0 aromatic rings. The first-order chi connectivity index (χ1) is 10.4. The van der Waals surface area contributed by atoms with E-state index in [1.54, 1.807) is 20.9 Å². The van der Waals surface area contributed by atoms with E-state index in [4.69, 9.17) is 0 Å². The van der Waals surface area contributed by atoms with Gasteiger partial charge in [-0.25, -0.2) is 16.8 Å². The van der Waals surface area contributed by atoms with Crippen molar-refractivity contribution in [3.05, 3.63) is 0 Å². The molecule has 1 aliphatic heterocycles. The maximum atomic E-state index is 12.1. The van der Waals surface area contributed by atoms with Crippen LogP contribution in [0.4, 0.5) is 0 Å². The van der Waals surface area contributed by atoms with Crippen LogP contribution in [-0.4, -0.2) is 76.9 Å². The molecule has 0 atom stereocenters. The molecule has 0 spiro atoms. The molecule has 7 nitrogen and oxygen atoms in total. The second kappa shape index (κ2) is 7.26. The number of nitrogens with one attached hydrogen (secondary N) is 1. The lowest BCUT2D eigenvalue weighted by molar-refractivity contribution is 0.350. The zero-order valence-corrected chi connectivity index (χ0v) is 18.7. The van der Waals surface area contributed by atoms with E-state index < -0.39 is 24.4 Å². The quantitative estimate of drug-likeness (QED) is 0.349. The minimum Gasteiger partial charge on any atom is -0.356 e. The van der Waals surface area contributed by atoms with Crippen molar-refractivity contribution in [2.45, 2.75) is 31.4 Å². The number of nitrogens with zero attached hydrogens (tertiary/aromatic N) is 2. The molecule has 10 heteroatoms. The Balaban J connectivity index is 0.00000288. The van der Waals surface area contributed by atoms with Crippen LogP contribution in [0.15, 0.2) is 4.99 Å². The van der Waals surface area contributed by atoms with Gasteiger partial charge in [-0.05, 0) is 26.7 Å². The van der Waals surface area contributed by atoms with Crippen molar-refractivity contribution < 1.29 is 16.8 Å². The summed E-state index contributed by atoms with van der Waals surface area (Å²) in [6.07, 6.45) is 3.05. The van der Waals surface area contributed by atoms with Crippen LogP contribution in [0.3, 0.4) is 0 Å². The Labute approximate surface area is 162 Å². The lowest BCUT2D eigenvalue weighted by Gasteiger charge is -2.39. The van der Waals surface area contributed by atoms with E-state index >= 15 is 0 Å². The molecule has 142 valence electrons. The molecule has 1 N–H and O–H groups in total. The van der Waals surface area contributed by atoms with Crippen LogP contribution < -0.4 is 5.32 Å².